The van der Waals surface area contributed by atoms with Crippen LogP contribution in [0.2, 0.25) is 0 Å². The molecule has 0 heterocycles. The van der Waals surface area contributed by atoms with Crippen LogP contribution in [-0.4, -0.2) is 37.9 Å². The van der Waals surface area contributed by atoms with Gasteiger partial charge in [-0.25, -0.2) is 0 Å². The Morgan fingerprint density at radius 3 is 2.14 bits per heavy atom. The first-order valence-electron chi connectivity index (χ1n) is 12.1. The average molecular weight is 488 g/mol. The molecule has 0 bridgehead atoms. The number of methoxy groups -OCH3 is 1. The molecule has 6 heteroatoms. The molecule has 3 aromatic rings. The van der Waals surface area contributed by atoms with Gasteiger partial charge in [0.15, 0.2) is 0 Å². The summed E-state index contributed by atoms with van der Waals surface area (Å²) >= 11 is 0. The number of carbonyl (C=O) groups excluding carboxylic acids is 2. The predicted octanol–water partition coefficient (Wildman–Crippen LogP) is 6.15. The van der Waals surface area contributed by atoms with Crippen molar-refractivity contribution in [1.82, 2.24) is 4.90 Å². The number of anilines is 2. The van der Waals surface area contributed by atoms with E-state index in [2.05, 4.69) is 12.2 Å². The van der Waals surface area contributed by atoms with E-state index in [0.717, 1.165) is 16.8 Å². The smallest absolute Gasteiger partial charge is 0.255 e. The second-order valence-corrected chi connectivity index (χ2v) is 10.2. The maximum absolute atomic E-state index is 13.6. The van der Waals surface area contributed by atoms with E-state index < -0.39 is 5.41 Å². The van der Waals surface area contributed by atoms with Gasteiger partial charge in [-0.15, -0.1) is 0 Å². The average Bonchev–Trinajstić information content (AvgIpc) is 2.86. The summed E-state index contributed by atoms with van der Waals surface area (Å²) in [6, 6.07) is 22.7. The molecule has 0 fully saturated rings. The summed E-state index contributed by atoms with van der Waals surface area (Å²) in [7, 11) is 5.55. The molecular weight excluding hydrogens is 450 g/mol. The highest BCUT2D eigenvalue weighted by Gasteiger charge is 2.31. The third kappa shape index (κ3) is 6.45. The second kappa shape index (κ2) is 11.3. The van der Waals surface area contributed by atoms with Crippen molar-refractivity contribution in [3.05, 3.63) is 89.5 Å². The van der Waals surface area contributed by atoms with Crippen molar-refractivity contribution in [1.29, 1.82) is 0 Å². The van der Waals surface area contributed by atoms with Crippen LogP contribution in [0.4, 0.5) is 11.4 Å². The normalized spacial score (nSPS) is 12.0. The van der Waals surface area contributed by atoms with Gasteiger partial charge in [0.2, 0.25) is 5.91 Å². The van der Waals surface area contributed by atoms with Crippen LogP contribution in [0.15, 0.2) is 72.8 Å². The number of hydrogen-bond donors (Lipinski definition) is 1. The van der Waals surface area contributed by atoms with Crippen molar-refractivity contribution in [2.24, 2.45) is 5.41 Å². The Bertz CT molecular complexity index is 1180. The Morgan fingerprint density at radius 2 is 1.58 bits per heavy atom. The first-order valence-corrected chi connectivity index (χ1v) is 12.1. The Labute approximate surface area is 214 Å². The van der Waals surface area contributed by atoms with Crippen molar-refractivity contribution in [3.8, 4) is 5.75 Å². The standard InChI is InChI=1S/C30H37N3O3/c1-21(22-11-9-8-10-12-22)33(29(35)30(2,3)4)20-24-19-25(15-18-27(24)32(5)6)31-28(34)23-13-16-26(36-7)17-14-23/h8-19,21H,20H2,1-7H3,(H,31,34)/t21-/m1/s1. The van der Waals surface area contributed by atoms with Gasteiger partial charge in [-0.2, -0.15) is 0 Å². The molecule has 0 aliphatic carbocycles. The van der Waals surface area contributed by atoms with Crippen LogP contribution in [0.25, 0.3) is 0 Å². The fourth-order valence-corrected chi connectivity index (χ4v) is 4.08. The second-order valence-electron chi connectivity index (χ2n) is 10.2. The Balaban J connectivity index is 1.95. The first kappa shape index (κ1) is 26.8. The summed E-state index contributed by atoms with van der Waals surface area (Å²) in [6.45, 7) is 8.30. The topological polar surface area (TPSA) is 61.9 Å². The Kier molecular flexibility index (Phi) is 8.41. The van der Waals surface area contributed by atoms with Gasteiger partial charge in [-0.05, 0) is 60.5 Å². The molecule has 2 amide bonds. The summed E-state index contributed by atoms with van der Waals surface area (Å²) in [6.07, 6.45) is 0. The number of amides is 2. The highest BCUT2D eigenvalue weighted by atomic mass is 16.5. The molecule has 0 radical (unpaired) electrons. The first-order chi connectivity index (χ1) is 17.0. The molecule has 0 unspecified atom stereocenters. The van der Waals surface area contributed by atoms with Gasteiger partial charge in [0.1, 0.15) is 5.75 Å². The lowest BCUT2D eigenvalue weighted by atomic mass is 9.92. The summed E-state index contributed by atoms with van der Waals surface area (Å²) in [5.41, 5.74) is 3.69. The van der Waals surface area contributed by atoms with E-state index in [0.29, 0.717) is 23.5 Å². The summed E-state index contributed by atoms with van der Waals surface area (Å²) in [5, 5.41) is 2.99. The largest absolute Gasteiger partial charge is 0.497 e. The summed E-state index contributed by atoms with van der Waals surface area (Å²) in [5.74, 6) is 0.554. The number of nitrogens with one attached hydrogen (secondary N) is 1. The molecule has 0 saturated heterocycles. The number of benzene rings is 3. The molecule has 3 rings (SSSR count). The maximum atomic E-state index is 13.6. The van der Waals surface area contributed by atoms with Crippen molar-refractivity contribution < 1.29 is 14.3 Å². The number of nitrogens with zero attached hydrogens (tertiary/aromatic N) is 2. The molecular formula is C30H37N3O3. The van der Waals surface area contributed by atoms with Crippen molar-refractivity contribution in [3.63, 3.8) is 0 Å². The molecule has 1 atom stereocenters. The van der Waals surface area contributed by atoms with Gasteiger partial charge in [0, 0.05) is 43.0 Å². The Morgan fingerprint density at radius 1 is 0.944 bits per heavy atom. The van der Waals surface area contributed by atoms with Crippen molar-refractivity contribution in [2.45, 2.75) is 40.3 Å². The van der Waals surface area contributed by atoms with E-state index in [4.69, 9.17) is 4.74 Å². The zero-order valence-electron chi connectivity index (χ0n) is 22.3. The molecule has 6 nitrogen and oxygen atoms in total. The van der Waals surface area contributed by atoms with Crippen LogP contribution in [0, 0.1) is 5.41 Å². The van der Waals surface area contributed by atoms with Crippen molar-refractivity contribution >= 4 is 23.2 Å². The lowest BCUT2D eigenvalue weighted by Gasteiger charge is -2.35. The SMILES string of the molecule is COc1ccc(C(=O)Nc2ccc(N(C)C)c(CN(C(=O)C(C)(C)C)[C@H](C)c3ccccc3)c2)cc1. The predicted molar refractivity (Wildman–Crippen MR) is 147 cm³/mol. The molecule has 3 aromatic carbocycles. The monoisotopic (exact) mass is 487 g/mol. The zero-order valence-corrected chi connectivity index (χ0v) is 22.3. The molecule has 0 aromatic heterocycles. The molecule has 1 N–H and O–H groups in total. The van der Waals surface area contributed by atoms with E-state index in [1.807, 2.05) is 93.2 Å². The van der Waals surface area contributed by atoms with Gasteiger partial charge in [-0.3, -0.25) is 9.59 Å². The molecule has 36 heavy (non-hydrogen) atoms. The lowest BCUT2D eigenvalue weighted by Crippen LogP contribution is -2.40. The zero-order chi connectivity index (χ0) is 26.5. The maximum Gasteiger partial charge on any atom is 0.255 e. The van der Waals surface area contributed by atoms with E-state index >= 15 is 0 Å². The number of rotatable bonds is 8. The van der Waals surface area contributed by atoms with Crippen LogP contribution < -0.4 is 15.0 Å². The van der Waals surface area contributed by atoms with Gasteiger partial charge in [-0.1, -0.05) is 51.1 Å². The third-order valence-corrected chi connectivity index (χ3v) is 6.16. The molecule has 0 aliphatic heterocycles. The molecule has 0 aliphatic rings. The van der Waals surface area contributed by atoms with E-state index in [1.54, 1.807) is 31.4 Å². The number of carbonyl (C=O) groups is 2. The van der Waals surface area contributed by atoms with E-state index in [1.165, 1.54) is 0 Å². The van der Waals surface area contributed by atoms with Gasteiger partial charge in [0.05, 0.1) is 13.2 Å². The molecule has 0 spiro atoms. The van der Waals surface area contributed by atoms with Crippen LogP contribution in [0.5, 0.6) is 5.75 Å². The minimum Gasteiger partial charge on any atom is -0.497 e. The number of hydrogen-bond acceptors (Lipinski definition) is 4. The highest BCUT2D eigenvalue weighted by molar-refractivity contribution is 6.04. The van der Waals surface area contributed by atoms with Crippen LogP contribution in [0.1, 0.15) is 55.2 Å². The van der Waals surface area contributed by atoms with Crippen molar-refractivity contribution in [2.75, 3.05) is 31.4 Å². The minimum atomic E-state index is -0.540. The van der Waals surface area contributed by atoms with Gasteiger partial charge in [0.25, 0.3) is 5.91 Å². The van der Waals surface area contributed by atoms with Gasteiger partial charge < -0.3 is 19.9 Å². The quantitative estimate of drug-likeness (QED) is 0.414. The summed E-state index contributed by atoms with van der Waals surface area (Å²) in [4.78, 5) is 30.4. The molecule has 190 valence electrons. The van der Waals surface area contributed by atoms with Crippen LogP contribution >= 0.6 is 0 Å². The van der Waals surface area contributed by atoms with Crippen LogP contribution in [-0.2, 0) is 11.3 Å². The fraction of sp³-hybridized carbons (Fsp3) is 0.333. The summed E-state index contributed by atoms with van der Waals surface area (Å²) < 4.78 is 5.18. The highest BCUT2D eigenvalue weighted by Crippen LogP contribution is 2.32. The third-order valence-electron chi connectivity index (χ3n) is 6.16. The minimum absolute atomic E-state index is 0.0660. The number of ether oxygens (including phenoxy) is 1. The lowest BCUT2D eigenvalue weighted by molar-refractivity contribution is -0.142. The van der Waals surface area contributed by atoms with E-state index in [-0.39, 0.29) is 17.9 Å². The fourth-order valence-electron chi connectivity index (χ4n) is 4.08. The van der Waals surface area contributed by atoms with E-state index in [9.17, 15) is 9.59 Å². The van der Waals surface area contributed by atoms with Gasteiger partial charge >= 0.3 is 0 Å². The molecule has 0 saturated carbocycles. The Hall–Kier alpha value is -3.80. The van der Waals surface area contributed by atoms with Crippen LogP contribution in [0.3, 0.4) is 0 Å².